The molecular formula is C46H54N8O7S. The second-order valence-electron chi connectivity index (χ2n) is 17.2. The molecule has 16 heteroatoms. The molecule has 326 valence electrons. The maximum Gasteiger partial charge on any atom is 0.268 e. The van der Waals surface area contributed by atoms with Gasteiger partial charge in [0.2, 0.25) is 5.91 Å². The first-order valence-corrected chi connectivity index (χ1v) is 23.0. The lowest BCUT2D eigenvalue weighted by molar-refractivity contribution is -0.141. The molecule has 62 heavy (non-hydrogen) atoms. The van der Waals surface area contributed by atoms with Crippen molar-refractivity contribution in [2.24, 2.45) is 11.8 Å². The molecule has 0 bridgehead atoms. The monoisotopic (exact) mass is 862 g/mol. The number of fused-ring (bicyclic) bond motifs is 2. The van der Waals surface area contributed by atoms with Crippen LogP contribution in [-0.4, -0.2) is 105 Å². The van der Waals surface area contributed by atoms with Crippen molar-refractivity contribution >= 4 is 49.9 Å². The van der Waals surface area contributed by atoms with Gasteiger partial charge in [0.15, 0.2) is 0 Å². The number of carbonyl (C=O) groups is 2. The van der Waals surface area contributed by atoms with Crippen molar-refractivity contribution < 1.29 is 32.3 Å². The Balaban J connectivity index is 0.921. The number of pyridine rings is 1. The minimum absolute atomic E-state index is 0.0426. The topological polar surface area (TPSA) is 170 Å². The molecule has 1 aliphatic carbocycles. The van der Waals surface area contributed by atoms with E-state index in [0.29, 0.717) is 54.9 Å². The standard InChI is InChI=1S/C46H54N8O7S/c1-46(26-34-5-3-4-6-35(34)29-54(46)45(56)32-7-8-32)30-52-17-19-53(20-18-52)36-9-11-39(42(24-36)61-37-23-33-13-16-47-43(33)49-28-37)44(55)51-62(57,58)38-10-12-40(41(25-38)50-59-2)48-27-31-14-21-60-22-15-31/h3-6,9-13,16,23-25,28,31-32,48,50H,7-8,14-15,17-22,26-27,29-30H2,1-2H3,(H,47,49)(H,51,55)/t46-/m0/s1. The summed E-state index contributed by atoms with van der Waals surface area (Å²) in [5.41, 5.74) is 7.63. The molecule has 9 rings (SSSR count). The van der Waals surface area contributed by atoms with E-state index in [9.17, 15) is 18.0 Å². The molecule has 1 atom stereocenters. The van der Waals surface area contributed by atoms with Crippen molar-refractivity contribution in [3.8, 4) is 11.5 Å². The number of ether oxygens (including phenoxy) is 2. The molecule has 0 radical (unpaired) electrons. The molecule has 1 saturated carbocycles. The van der Waals surface area contributed by atoms with E-state index in [1.807, 2.05) is 18.2 Å². The predicted molar refractivity (Wildman–Crippen MR) is 237 cm³/mol. The second-order valence-corrected chi connectivity index (χ2v) is 18.8. The number of amides is 2. The third kappa shape index (κ3) is 9.09. The number of nitrogens with one attached hydrogen (secondary N) is 4. The van der Waals surface area contributed by atoms with Crippen molar-refractivity contribution in [1.82, 2.24) is 24.5 Å². The first kappa shape index (κ1) is 41.7. The summed E-state index contributed by atoms with van der Waals surface area (Å²) in [6.07, 6.45) is 7.99. The van der Waals surface area contributed by atoms with Crippen molar-refractivity contribution in [2.45, 2.75) is 56.0 Å². The Morgan fingerprint density at radius 2 is 1.73 bits per heavy atom. The van der Waals surface area contributed by atoms with Gasteiger partial charge >= 0.3 is 0 Å². The van der Waals surface area contributed by atoms with Gasteiger partial charge in [-0.1, -0.05) is 24.3 Å². The zero-order chi connectivity index (χ0) is 42.8. The molecule has 3 aliphatic heterocycles. The summed E-state index contributed by atoms with van der Waals surface area (Å²) in [7, 11) is -2.90. The van der Waals surface area contributed by atoms with Gasteiger partial charge in [-0.3, -0.25) is 24.8 Å². The zero-order valence-corrected chi connectivity index (χ0v) is 36.0. The van der Waals surface area contributed by atoms with Gasteiger partial charge in [-0.15, -0.1) is 0 Å². The number of piperazine rings is 1. The van der Waals surface area contributed by atoms with Crippen LogP contribution in [0.15, 0.2) is 90.1 Å². The van der Waals surface area contributed by atoms with E-state index in [-0.39, 0.29) is 33.6 Å². The van der Waals surface area contributed by atoms with Crippen molar-refractivity contribution in [2.75, 3.05) is 75.3 Å². The van der Waals surface area contributed by atoms with E-state index < -0.39 is 15.9 Å². The summed E-state index contributed by atoms with van der Waals surface area (Å²) < 4.78 is 41.8. The van der Waals surface area contributed by atoms with Crippen molar-refractivity contribution in [3.05, 3.63) is 102 Å². The number of H-pyrrole nitrogens is 1. The van der Waals surface area contributed by atoms with Gasteiger partial charge in [-0.2, -0.15) is 0 Å². The number of hydrogen-bond donors (Lipinski definition) is 4. The number of anilines is 3. The number of aromatic nitrogens is 2. The molecule has 4 aliphatic rings. The lowest BCUT2D eigenvalue weighted by Gasteiger charge is -2.49. The van der Waals surface area contributed by atoms with Gasteiger partial charge in [0.25, 0.3) is 15.9 Å². The highest BCUT2D eigenvalue weighted by molar-refractivity contribution is 7.90. The lowest BCUT2D eigenvalue weighted by Crippen LogP contribution is -2.61. The summed E-state index contributed by atoms with van der Waals surface area (Å²) in [6, 6.07) is 21.9. The molecule has 3 aromatic carbocycles. The minimum Gasteiger partial charge on any atom is -0.455 e. The number of sulfonamides is 1. The number of benzene rings is 3. The molecule has 2 amide bonds. The smallest absolute Gasteiger partial charge is 0.268 e. The number of aromatic amines is 1. The van der Waals surface area contributed by atoms with Crippen LogP contribution >= 0.6 is 0 Å². The number of nitrogens with zero attached hydrogens (tertiary/aromatic N) is 4. The van der Waals surface area contributed by atoms with Crippen molar-refractivity contribution in [1.29, 1.82) is 0 Å². The Kier molecular flexibility index (Phi) is 11.8. The van der Waals surface area contributed by atoms with E-state index in [1.165, 1.54) is 30.4 Å². The summed E-state index contributed by atoms with van der Waals surface area (Å²) in [6.45, 7) is 8.74. The van der Waals surface area contributed by atoms with Gasteiger partial charge in [0, 0.05) is 88.3 Å². The normalized spacial score (nSPS) is 19.8. The molecule has 2 saturated heterocycles. The van der Waals surface area contributed by atoms with Gasteiger partial charge in [0.05, 0.1) is 40.7 Å². The molecule has 0 unspecified atom stereocenters. The number of hydrogen-bond acceptors (Lipinski definition) is 12. The fourth-order valence-corrected chi connectivity index (χ4v) is 9.99. The van der Waals surface area contributed by atoms with Crippen LogP contribution in [0.1, 0.15) is 54.1 Å². The minimum atomic E-state index is -4.34. The van der Waals surface area contributed by atoms with Gasteiger partial charge in [-0.25, -0.2) is 18.1 Å². The van der Waals surface area contributed by atoms with Gasteiger partial charge < -0.3 is 29.6 Å². The molecule has 5 heterocycles. The average molecular weight is 863 g/mol. The highest BCUT2D eigenvalue weighted by Crippen LogP contribution is 2.39. The fourth-order valence-electron chi connectivity index (χ4n) is 8.99. The van der Waals surface area contributed by atoms with Crippen LogP contribution in [0.2, 0.25) is 0 Å². The van der Waals surface area contributed by atoms with E-state index >= 15 is 0 Å². The third-order valence-electron chi connectivity index (χ3n) is 12.6. The van der Waals surface area contributed by atoms with E-state index in [2.05, 4.69) is 71.4 Å². The molecule has 4 N–H and O–H groups in total. The second kappa shape index (κ2) is 17.6. The Morgan fingerprint density at radius 3 is 2.50 bits per heavy atom. The summed E-state index contributed by atoms with van der Waals surface area (Å²) >= 11 is 0. The maximum atomic E-state index is 14.0. The van der Waals surface area contributed by atoms with Crippen LogP contribution in [0.3, 0.4) is 0 Å². The largest absolute Gasteiger partial charge is 0.455 e. The Hall–Kier alpha value is -5.68. The van der Waals surface area contributed by atoms with Crippen molar-refractivity contribution in [3.63, 3.8) is 0 Å². The average Bonchev–Trinajstić information content (AvgIpc) is 4.03. The highest BCUT2D eigenvalue weighted by Gasteiger charge is 2.45. The molecule has 15 nitrogen and oxygen atoms in total. The third-order valence-corrected chi connectivity index (χ3v) is 14.0. The SMILES string of the molecule is CONc1cc(S(=O)(=O)NC(=O)c2ccc(N3CCN(C[C@]4(C)Cc5ccccc5CN4C(=O)C4CC4)CC3)cc2Oc2cnc3[nH]ccc3c2)ccc1NCC1CCOCC1. The molecule has 0 spiro atoms. The lowest BCUT2D eigenvalue weighted by atomic mass is 9.83. The number of carbonyl (C=O) groups excluding carboxylic acids is 2. The Bertz CT molecular complexity index is 2550. The van der Waals surface area contributed by atoms with Crippen LogP contribution in [0.5, 0.6) is 11.5 Å². The van der Waals surface area contributed by atoms with Gasteiger partial charge in [0.1, 0.15) is 17.1 Å². The van der Waals surface area contributed by atoms with Crippen LogP contribution in [-0.2, 0) is 37.4 Å². The Morgan fingerprint density at radius 1 is 0.935 bits per heavy atom. The fraction of sp³-hybridized carbons (Fsp3) is 0.413. The van der Waals surface area contributed by atoms with Gasteiger partial charge in [-0.05, 0) is 98.5 Å². The quantitative estimate of drug-likeness (QED) is 0.0940. The molecular weight excluding hydrogens is 809 g/mol. The van der Waals surface area contributed by atoms with E-state index in [0.717, 1.165) is 76.0 Å². The van der Waals surface area contributed by atoms with Crippen LogP contribution < -0.4 is 25.2 Å². The van der Waals surface area contributed by atoms with Crippen LogP contribution in [0, 0.1) is 11.8 Å². The predicted octanol–water partition coefficient (Wildman–Crippen LogP) is 6.16. The Labute approximate surface area is 362 Å². The first-order valence-electron chi connectivity index (χ1n) is 21.5. The molecule has 3 fully saturated rings. The molecule has 2 aromatic heterocycles. The first-order chi connectivity index (χ1) is 30.0. The highest BCUT2D eigenvalue weighted by atomic mass is 32.2. The summed E-state index contributed by atoms with van der Waals surface area (Å²) in [5, 5.41) is 4.22. The summed E-state index contributed by atoms with van der Waals surface area (Å²) in [5.74, 6) is 0.582. The van der Waals surface area contributed by atoms with Crippen LogP contribution in [0.25, 0.3) is 11.0 Å². The number of rotatable bonds is 14. The van der Waals surface area contributed by atoms with Crippen LogP contribution in [0.4, 0.5) is 17.1 Å². The molecule has 5 aromatic rings. The zero-order valence-electron chi connectivity index (χ0n) is 35.2. The van der Waals surface area contributed by atoms with E-state index in [1.54, 1.807) is 30.6 Å². The summed E-state index contributed by atoms with van der Waals surface area (Å²) in [4.78, 5) is 47.1. The van der Waals surface area contributed by atoms with E-state index in [4.69, 9.17) is 14.3 Å². The maximum absolute atomic E-state index is 14.0.